The first-order chi connectivity index (χ1) is 11.6. The number of nitrogens with one attached hydrogen (secondary N) is 2. The van der Waals surface area contributed by atoms with Gasteiger partial charge in [-0.2, -0.15) is 13.2 Å². The summed E-state index contributed by atoms with van der Waals surface area (Å²) in [5, 5.41) is 3.00. The first kappa shape index (κ1) is 18.7. The van der Waals surface area contributed by atoms with E-state index >= 15 is 0 Å². The number of alkyl halides is 3. The molecule has 10 heteroatoms. The van der Waals surface area contributed by atoms with Gasteiger partial charge in [0.2, 0.25) is 0 Å². The number of rotatable bonds is 2. The van der Waals surface area contributed by atoms with Crippen LogP contribution in [0, 0.1) is 11.6 Å². The van der Waals surface area contributed by atoms with Crippen molar-refractivity contribution in [1.29, 1.82) is 0 Å². The normalized spacial score (nSPS) is 11.1. The van der Waals surface area contributed by atoms with E-state index in [4.69, 9.17) is 11.6 Å². The first-order valence-corrected chi connectivity index (χ1v) is 6.90. The molecule has 0 atom stereocenters. The second-order valence-electron chi connectivity index (χ2n) is 4.70. The summed E-state index contributed by atoms with van der Waals surface area (Å²) in [6.07, 6.45) is -4.77. The topological polar surface area (TPSA) is 58.2 Å². The van der Waals surface area contributed by atoms with E-state index in [-0.39, 0.29) is 5.69 Å². The zero-order valence-electron chi connectivity index (χ0n) is 12.0. The van der Waals surface area contributed by atoms with E-state index in [1.807, 2.05) is 5.32 Å². The van der Waals surface area contributed by atoms with Crippen LogP contribution in [0.2, 0.25) is 5.02 Å². The molecule has 2 aromatic carbocycles. The Morgan fingerprint density at radius 3 is 2.04 bits per heavy atom. The van der Waals surface area contributed by atoms with Gasteiger partial charge in [-0.05, 0) is 30.3 Å². The van der Waals surface area contributed by atoms with Crippen molar-refractivity contribution in [2.75, 3.05) is 10.6 Å². The summed E-state index contributed by atoms with van der Waals surface area (Å²) in [6.45, 7) is 0. The van der Waals surface area contributed by atoms with E-state index in [0.717, 1.165) is 30.3 Å². The maximum Gasteiger partial charge on any atom is 0.417 e. The highest BCUT2D eigenvalue weighted by Crippen LogP contribution is 2.36. The highest BCUT2D eigenvalue weighted by atomic mass is 35.5. The van der Waals surface area contributed by atoms with Crippen LogP contribution in [-0.2, 0) is 15.8 Å². The van der Waals surface area contributed by atoms with Crippen LogP contribution in [0.25, 0.3) is 0 Å². The van der Waals surface area contributed by atoms with Gasteiger partial charge in [-0.3, -0.25) is 9.59 Å². The van der Waals surface area contributed by atoms with Gasteiger partial charge in [-0.25, -0.2) is 8.78 Å². The fourth-order valence-corrected chi connectivity index (χ4v) is 2.02. The van der Waals surface area contributed by atoms with Crippen LogP contribution in [0.1, 0.15) is 5.56 Å². The van der Waals surface area contributed by atoms with Crippen molar-refractivity contribution in [3.63, 3.8) is 0 Å². The van der Waals surface area contributed by atoms with E-state index in [2.05, 4.69) is 0 Å². The molecule has 2 rings (SSSR count). The maximum atomic E-state index is 13.4. The summed E-state index contributed by atoms with van der Waals surface area (Å²) >= 11 is 5.43. The van der Waals surface area contributed by atoms with Crippen LogP contribution in [0.4, 0.5) is 33.3 Å². The predicted molar refractivity (Wildman–Crippen MR) is 80.1 cm³/mol. The van der Waals surface area contributed by atoms with Gasteiger partial charge in [-0.15, -0.1) is 0 Å². The summed E-state index contributed by atoms with van der Waals surface area (Å²) in [6, 6.07) is 5.20. The molecule has 0 fully saturated rings. The largest absolute Gasteiger partial charge is 0.417 e. The van der Waals surface area contributed by atoms with Gasteiger partial charge in [-0.1, -0.05) is 17.7 Å². The van der Waals surface area contributed by atoms with Crippen molar-refractivity contribution in [2.24, 2.45) is 0 Å². The lowest BCUT2D eigenvalue weighted by molar-refractivity contribution is -0.137. The zero-order chi connectivity index (χ0) is 18.8. The number of carbonyl (C=O) groups is 2. The predicted octanol–water partition coefficient (Wildman–Crippen LogP) is 4.21. The molecule has 4 nitrogen and oxygen atoms in total. The third-order valence-electron chi connectivity index (χ3n) is 2.94. The molecule has 0 spiro atoms. The minimum Gasteiger partial charge on any atom is -0.318 e. The van der Waals surface area contributed by atoms with Crippen LogP contribution in [0.3, 0.4) is 0 Å². The van der Waals surface area contributed by atoms with E-state index in [1.165, 1.54) is 0 Å². The molecule has 0 bridgehead atoms. The Bertz CT molecular complexity index is 819. The smallest absolute Gasteiger partial charge is 0.318 e. The average molecular weight is 379 g/mol. The third kappa shape index (κ3) is 4.44. The number of hydrogen-bond donors (Lipinski definition) is 2. The molecular weight excluding hydrogens is 371 g/mol. The molecule has 0 aliphatic carbocycles. The SMILES string of the molecule is O=C(Nc1ccc(Cl)c(C(F)(F)F)c1)C(=O)Nc1c(F)cccc1F. The molecule has 2 N–H and O–H groups in total. The minimum absolute atomic E-state index is 0.370. The van der Waals surface area contributed by atoms with Gasteiger partial charge in [0, 0.05) is 5.69 Å². The number of amides is 2. The Morgan fingerprint density at radius 1 is 0.920 bits per heavy atom. The summed E-state index contributed by atoms with van der Waals surface area (Å²) in [5.74, 6) is -5.12. The van der Waals surface area contributed by atoms with Gasteiger partial charge in [0.25, 0.3) is 0 Å². The summed E-state index contributed by atoms with van der Waals surface area (Å²) in [5.41, 5.74) is -2.44. The standard InChI is InChI=1S/C15H8ClF5N2O2/c16-9-5-4-7(6-8(9)15(19,20)21)22-13(24)14(25)23-12-10(17)2-1-3-11(12)18/h1-6H,(H,22,24)(H,23,25). The molecule has 0 radical (unpaired) electrons. The molecule has 0 saturated heterocycles. The molecule has 2 amide bonds. The van der Waals surface area contributed by atoms with Gasteiger partial charge in [0.15, 0.2) is 0 Å². The summed E-state index contributed by atoms with van der Waals surface area (Å²) < 4.78 is 65.0. The van der Waals surface area contributed by atoms with E-state index < -0.39 is 45.9 Å². The molecular formula is C15H8ClF5N2O2. The average Bonchev–Trinajstić information content (AvgIpc) is 2.51. The molecule has 25 heavy (non-hydrogen) atoms. The lowest BCUT2D eigenvalue weighted by Crippen LogP contribution is -2.30. The van der Waals surface area contributed by atoms with Gasteiger partial charge in [0.1, 0.15) is 17.3 Å². The van der Waals surface area contributed by atoms with Crippen molar-refractivity contribution < 1.29 is 31.5 Å². The molecule has 2 aromatic rings. The minimum atomic E-state index is -4.77. The fraction of sp³-hybridized carbons (Fsp3) is 0.0667. The Kier molecular flexibility index (Phi) is 5.27. The van der Waals surface area contributed by atoms with E-state index in [1.54, 1.807) is 5.32 Å². The number of para-hydroxylation sites is 1. The van der Waals surface area contributed by atoms with Crippen molar-refractivity contribution in [3.8, 4) is 0 Å². The van der Waals surface area contributed by atoms with Crippen molar-refractivity contribution >= 4 is 34.8 Å². The van der Waals surface area contributed by atoms with Gasteiger partial charge < -0.3 is 10.6 Å². The monoisotopic (exact) mass is 378 g/mol. The molecule has 0 aliphatic heterocycles. The Labute approximate surface area is 142 Å². The quantitative estimate of drug-likeness (QED) is 0.607. The lowest BCUT2D eigenvalue weighted by Gasteiger charge is -2.12. The summed E-state index contributed by atoms with van der Waals surface area (Å²) in [7, 11) is 0. The highest BCUT2D eigenvalue weighted by Gasteiger charge is 2.33. The highest BCUT2D eigenvalue weighted by molar-refractivity contribution is 6.43. The van der Waals surface area contributed by atoms with Crippen LogP contribution in [0.15, 0.2) is 36.4 Å². The molecule has 0 aromatic heterocycles. The number of halogens is 6. The van der Waals surface area contributed by atoms with Crippen LogP contribution >= 0.6 is 11.6 Å². The number of carbonyl (C=O) groups excluding carboxylic acids is 2. The van der Waals surface area contributed by atoms with Crippen molar-refractivity contribution in [2.45, 2.75) is 6.18 Å². The van der Waals surface area contributed by atoms with Crippen molar-refractivity contribution in [3.05, 3.63) is 58.6 Å². The molecule has 0 aliphatic rings. The second kappa shape index (κ2) is 7.06. The Hall–Kier alpha value is -2.68. The number of hydrogen-bond acceptors (Lipinski definition) is 2. The number of anilines is 2. The Balaban J connectivity index is 2.16. The molecule has 0 unspecified atom stereocenters. The zero-order valence-corrected chi connectivity index (χ0v) is 12.8. The molecule has 132 valence electrons. The van der Waals surface area contributed by atoms with Crippen LogP contribution in [0.5, 0.6) is 0 Å². The second-order valence-corrected chi connectivity index (χ2v) is 5.10. The van der Waals surface area contributed by atoms with E-state index in [9.17, 15) is 31.5 Å². The molecule has 0 saturated carbocycles. The first-order valence-electron chi connectivity index (χ1n) is 6.52. The number of benzene rings is 2. The van der Waals surface area contributed by atoms with Gasteiger partial charge in [0.05, 0.1) is 10.6 Å². The maximum absolute atomic E-state index is 13.4. The van der Waals surface area contributed by atoms with E-state index in [0.29, 0.717) is 6.07 Å². The lowest BCUT2D eigenvalue weighted by atomic mass is 10.2. The molecule has 0 heterocycles. The van der Waals surface area contributed by atoms with Crippen molar-refractivity contribution in [1.82, 2.24) is 0 Å². The summed E-state index contributed by atoms with van der Waals surface area (Å²) in [4.78, 5) is 23.4. The van der Waals surface area contributed by atoms with Crippen LogP contribution < -0.4 is 10.6 Å². The Morgan fingerprint density at radius 2 is 1.48 bits per heavy atom. The van der Waals surface area contributed by atoms with Crippen LogP contribution in [-0.4, -0.2) is 11.8 Å². The third-order valence-corrected chi connectivity index (χ3v) is 3.27. The fourth-order valence-electron chi connectivity index (χ4n) is 1.80. The van der Waals surface area contributed by atoms with Gasteiger partial charge >= 0.3 is 18.0 Å².